The Morgan fingerprint density at radius 1 is 1.29 bits per heavy atom. The lowest BCUT2D eigenvalue weighted by Gasteiger charge is -2.29. The van der Waals surface area contributed by atoms with Crippen LogP contribution in [0.3, 0.4) is 0 Å². The van der Waals surface area contributed by atoms with Crippen molar-refractivity contribution in [1.29, 1.82) is 5.26 Å². The van der Waals surface area contributed by atoms with Gasteiger partial charge < -0.3 is 10.2 Å². The summed E-state index contributed by atoms with van der Waals surface area (Å²) in [5.74, 6) is 0. The van der Waals surface area contributed by atoms with E-state index in [4.69, 9.17) is 16.2 Å². The van der Waals surface area contributed by atoms with Gasteiger partial charge in [0.15, 0.2) is 0 Å². The van der Waals surface area contributed by atoms with Gasteiger partial charge >= 0.3 is 0 Å². The SMILES string of the molecule is [2H]C1([2H])NC([2H])([2H])C([2H])([2H])N(c2ccc(C#N)cc2)C1([2H])[2H]. The number of nitrogens with zero attached hydrogens (tertiary/aromatic N) is 2. The number of piperazine rings is 1. The van der Waals surface area contributed by atoms with Gasteiger partial charge in [-0.2, -0.15) is 5.26 Å². The molecule has 0 spiro atoms. The predicted octanol–water partition coefficient (Wildman–Crippen LogP) is 0.968. The van der Waals surface area contributed by atoms with Crippen LogP contribution in [0.25, 0.3) is 0 Å². The van der Waals surface area contributed by atoms with E-state index in [0.29, 0.717) is 4.90 Å². The van der Waals surface area contributed by atoms with Gasteiger partial charge in [0.05, 0.1) is 17.1 Å². The molecule has 1 aromatic rings. The van der Waals surface area contributed by atoms with E-state index in [9.17, 15) is 0 Å². The molecule has 1 N–H and O–H groups in total. The predicted molar refractivity (Wildman–Crippen MR) is 56.2 cm³/mol. The van der Waals surface area contributed by atoms with E-state index in [1.54, 1.807) is 5.32 Å². The van der Waals surface area contributed by atoms with Crippen LogP contribution in [0.4, 0.5) is 5.69 Å². The maximum atomic E-state index is 8.77. The van der Waals surface area contributed by atoms with Gasteiger partial charge in [0.25, 0.3) is 0 Å². The first kappa shape index (κ1) is 3.56. The minimum atomic E-state index is -2.86. The Balaban J connectivity index is 2.63. The van der Waals surface area contributed by atoms with Crippen LogP contribution >= 0.6 is 0 Å². The Kier molecular flexibility index (Phi) is 1.05. The fraction of sp³-hybridized carbons (Fsp3) is 0.364. The van der Waals surface area contributed by atoms with Crippen LogP contribution in [0.2, 0.25) is 0 Å². The third kappa shape index (κ3) is 1.86. The Morgan fingerprint density at radius 3 is 2.50 bits per heavy atom. The summed E-state index contributed by atoms with van der Waals surface area (Å²) >= 11 is 0. The van der Waals surface area contributed by atoms with E-state index in [0.717, 1.165) is 0 Å². The summed E-state index contributed by atoms with van der Waals surface area (Å²) in [6.07, 6.45) is 0. The molecule has 0 bridgehead atoms. The normalized spacial score (nSPS) is 39.2. The molecule has 72 valence electrons. The third-order valence-electron chi connectivity index (χ3n) is 1.72. The van der Waals surface area contributed by atoms with E-state index in [1.807, 2.05) is 6.07 Å². The van der Waals surface area contributed by atoms with Crippen molar-refractivity contribution in [2.24, 2.45) is 0 Å². The third-order valence-corrected chi connectivity index (χ3v) is 1.72. The van der Waals surface area contributed by atoms with Gasteiger partial charge in [0.2, 0.25) is 0 Å². The monoisotopic (exact) mass is 195 g/mol. The topological polar surface area (TPSA) is 39.1 Å². The Labute approximate surface area is 95.2 Å². The molecule has 0 unspecified atom stereocenters. The minimum Gasteiger partial charge on any atom is -0.369 e. The number of anilines is 1. The zero-order chi connectivity index (χ0) is 17.0. The van der Waals surface area contributed by atoms with Crippen molar-refractivity contribution in [3.8, 4) is 6.07 Å². The molecule has 3 heteroatoms. The summed E-state index contributed by atoms with van der Waals surface area (Å²) in [6, 6.07) is 7.03. The van der Waals surface area contributed by atoms with Gasteiger partial charge in [-0.1, -0.05) is 0 Å². The molecule has 1 aliphatic heterocycles. The first-order valence-electron chi connectivity index (χ1n) is 7.97. The summed E-state index contributed by atoms with van der Waals surface area (Å²) in [5.41, 5.74) is 0.203. The highest BCUT2D eigenvalue weighted by atomic mass is 15.2. The molecular formula is C11H13N3. The smallest absolute Gasteiger partial charge is 0.0991 e. The van der Waals surface area contributed by atoms with Crippen molar-refractivity contribution >= 4 is 5.69 Å². The van der Waals surface area contributed by atoms with Crippen molar-refractivity contribution in [3.05, 3.63) is 29.8 Å². The highest BCUT2D eigenvalue weighted by molar-refractivity contribution is 5.49. The lowest BCUT2D eigenvalue weighted by Crippen LogP contribution is -2.43. The van der Waals surface area contributed by atoms with Gasteiger partial charge in [0, 0.05) is 37.2 Å². The Hall–Kier alpha value is -1.53. The van der Waals surface area contributed by atoms with Crippen molar-refractivity contribution in [3.63, 3.8) is 0 Å². The van der Waals surface area contributed by atoms with Gasteiger partial charge in [-0.25, -0.2) is 0 Å². The summed E-state index contributed by atoms with van der Waals surface area (Å²) in [6.45, 7) is -11.4. The average Bonchev–Trinajstić information content (AvgIpc) is 2.36. The van der Waals surface area contributed by atoms with E-state index in [-0.39, 0.29) is 11.3 Å². The molecule has 3 nitrogen and oxygen atoms in total. The highest BCUT2D eigenvalue weighted by Gasteiger charge is 2.09. The highest BCUT2D eigenvalue weighted by Crippen LogP contribution is 2.15. The summed E-state index contributed by atoms with van der Waals surface area (Å²) in [5, 5.41) is 10.5. The second-order valence-corrected chi connectivity index (χ2v) is 2.59. The molecule has 0 radical (unpaired) electrons. The van der Waals surface area contributed by atoms with Gasteiger partial charge in [-0.05, 0) is 24.3 Å². The number of benzene rings is 1. The number of rotatable bonds is 1. The first-order chi connectivity index (χ1) is 9.87. The molecule has 0 atom stereocenters. The van der Waals surface area contributed by atoms with Crippen molar-refractivity contribution < 1.29 is 11.0 Å². The molecule has 2 rings (SSSR count). The molecule has 0 amide bonds. The molecular weight excluding hydrogens is 174 g/mol. The van der Waals surface area contributed by atoms with Crippen LogP contribution in [0.15, 0.2) is 24.3 Å². The van der Waals surface area contributed by atoms with Crippen LogP contribution in [-0.2, 0) is 0 Å². The fourth-order valence-corrected chi connectivity index (χ4v) is 1.04. The standard InChI is InChI=1S/C11H13N3/c12-9-10-1-3-11(4-2-10)14-7-5-13-6-8-14/h1-4,13H,5-8H2/i5D2,6D2,7D2,8D2. The first-order valence-corrected chi connectivity index (χ1v) is 3.97. The van der Waals surface area contributed by atoms with Crippen molar-refractivity contribution in [2.75, 3.05) is 30.9 Å². The van der Waals surface area contributed by atoms with E-state index < -0.39 is 26.0 Å². The molecule has 0 saturated carbocycles. The molecule has 1 aliphatic rings. The van der Waals surface area contributed by atoms with E-state index in [1.165, 1.54) is 24.3 Å². The summed E-state index contributed by atoms with van der Waals surface area (Å²) < 4.78 is 62.5. The molecule has 0 aromatic heterocycles. The minimum absolute atomic E-state index is 0.0664. The van der Waals surface area contributed by atoms with Crippen LogP contribution in [0, 0.1) is 11.3 Å². The number of nitriles is 1. The van der Waals surface area contributed by atoms with Crippen LogP contribution in [0.5, 0.6) is 0 Å². The molecule has 1 heterocycles. The summed E-state index contributed by atoms with van der Waals surface area (Å²) in [4.78, 5) is 0.428. The van der Waals surface area contributed by atoms with Crippen LogP contribution in [0.1, 0.15) is 16.5 Å². The zero-order valence-corrected chi connectivity index (χ0v) is 7.20. The largest absolute Gasteiger partial charge is 0.369 e. The Morgan fingerprint density at radius 2 is 1.93 bits per heavy atom. The number of hydrogen-bond donors (Lipinski definition) is 1. The second-order valence-electron chi connectivity index (χ2n) is 2.59. The Bertz CT molecular complexity index is 593. The molecule has 1 aromatic carbocycles. The fourth-order valence-electron chi connectivity index (χ4n) is 1.04. The number of nitrogens with one attached hydrogen (secondary N) is 1. The second kappa shape index (κ2) is 4.12. The van der Waals surface area contributed by atoms with Crippen molar-refractivity contribution in [1.82, 2.24) is 5.32 Å². The van der Waals surface area contributed by atoms with E-state index in [2.05, 4.69) is 0 Å². The van der Waals surface area contributed by atoms with Crippen LogP contribution in [-0.4, -0.2) is 26.0 Å². The molecule has 0 aliphatic carbocycles. The van der Waals surface area contributed by atoms with Crippen molar-refractivity contribution in [2.45, 2.75) is 0 Å². The average molecular weight is 195 g/mol. The van der Waals surface area contributed by atoms with Gasteiger partial charge in [0.1, 0.15) is 0 Å². The number of hydrogen-bond acceptors (Lipinski definition) is 3. The summed E-state index contributed by atoms with van der Waals surface area (Å²) in [7, 11) is 0. The van der Waals surface area contributed by atoms with Gasteiger partial charge in [-0.15, -0.1) is 0 Å². The zero-order valence-electron chi connectivity index (χ0n) is 15.2. The molecule has 14 heavy (non-hydrogen) atoms. The van der Waals surface area contributed by atoms with Gasteiger partial charge in [-0.3, -0.25) is 0 Å². The van der Waals surface area contributed by atoms with E-state index >= 15 is 0 Å². The quantitative estimate of drug-likeness (QED) is 0.725. The molecule has 1 saturated heterocycles. The lowest BCUT2D eigenvalue weighted by molar-refractivity contribution is 0.589. The lowest BCUT2D eigenvalue weighted by atomic mass is 10.2. The molecule has 1 fully saturated rings. The maximum Gasteiger partial charge on any atom is 0.0991 e. The van der Waals surface area contributed by atoms with Crippen LogP contribution < -0.4 is 10.2 Å². The maximum absolute atomic E-state index is 8.77.